The molecule has 2 aromatic heterocycles. The van der Waals surface area contributed by atoms with Crippen molar-refractivity contribution >= 4 is 5.82 Å². The van der Waals surface area contributed by atoms with Gasteiger partial charge in [-0.15, -0.1) is 0 Å². The summed E-state index contributed by atoms with van der Waals surface area (Å²) in [6.07, 6.45) is 2.59. The molecule has 1 aliphatic rings. The number of rotatable bonds is 3. The quantitative estimate of drug-likeness (QED) is 0.900. The highest BCUT2D eigenvalue weighted by molar-refractivity contribution is 5.39. The predicted molar refractivity (Wildman–Crippen MR) is 93.4 cm³/mol. The highest BCUT2D eigenvalue weighted by atomic mass is 19.3. The van der Waals surface area contributed by atoms with Crippen LogP contribution in [0.5, 0.6) is 0 Å². The Bertz CT molecular complexity index is 738. The van der Waals surface area contributed by atoms with E-state index in [2.05, 4.69) is 41.2 Å². The third kappa shape index (κ3) is 4.32. The topological polar surface area (TPSA) is 55.6 Å². The molecule has 0 bridgehead atoms. The average Bonchev–Trinajstić information content (AvgIpc) is 2.99. The molecule has 0 atom stereocenters. The number of hydrogen-bond donors (Lipinski definition) is 1. The third-order valence-corrected chi connectivity index (χ3v) is 4.47. The molecule has 0 spiro atoms. The van der Waals surface area contributed by atoms with Crippen LogP contribution in [0, 0.1) is 6.92 Å². The van der Waals surface area contributed by atoms with Crippen molar-refractivity contribution in [1.82, 2.24) is 19.7 Å². The van der Waals surface area contributed by atoms with Crippen molar-refractivity contribution in [3.05, 3.63) is 29.7 Å². The molecule has 0 unspecified atom stereocenters. The lowest BCUT2D eigenvalue weighted by Crippen LogP contribution is -2.32. The zero-order valence-electron chi connectivity index (χ0n) is 15.2. The number of nitrogens with zero attached hydrogens (tertiary/aromatic N) is 4. The van der Waals surface area contributed by atoms with Crippen LogP contribution >= 0.6 is 0 Å². The van der Waals surface area contributed by atoms with Gasteiger partial charge in [0.2, 0.25) is 5.92 Å². The Labute approximate surface area is 146 Å². The largest absolute Gasteiger partial charge is 0.367 e. The van der Waals surface area contributed by atoms with Crippen LogP contribution in [-0.4, -0.2) is 31.7 Å². The molecular weight excluding hydrogens is 324 g/mol. The van der Waals surface area contributed by atoms with Crippen LogP contribution in [-0.2, 0) is 5.41 Å². The lowest BCUT2D eigenvalue weighted by Gasteiger charge is -2.29. The summed E-state index contributed by atoms with van der Waals surface area (Å²) in [7, 11) is 0. The van der Waals surface area contributed by atoms with E-state index in [1.807, 2.05) is 25.3 Å². The normalized spacial score (nSPS) is 18.3. The molecule has 25 heavy (non-hydrogen) atoms. The van der Waals surface area contributed by atoms with E-state index >= 15 is 0 Å². The molecule has 7 heteroatoms. The summed E-state index contributed by atoms with van der Waals surface area (Å²) in [6, 6.07) is 3.82. The fraction of sp³-hybridized carbons (Fsp3) is 0.611. The van der Waals surface area contributed by atoms with Crippen molar-refractivity contribution in [3.8, 4) is 5.95 Å². The molecule has 2 heterocycles. The van der Waals surface area contributed by atoms with Crippen LogP contribution in [0.4, 0.5) is 14.6 Å². The molecule has 0 aliphatic heterocycles. The van der Waals surface area contributed by atoms with Gasteiger partial charge in [0, 0.05) is 42.3 Å². The van der Waals surface area contributed by atoms with Crippen molar-refractivity contribution in [2.45, 2.75) is 70.8 Å². The second-order valence-electron chi connectivity index (χ2n) is 7.86. The molecule has 5 nitrogen and oxygen atoms in total. The third-order valence-electron chi connectivity index (χ3n) is 4.47. The Kier molecular flexibility index (Phi) is 4.51. The highest BCUT2D eigenvalue weighted by Gasteiger charge is 2.35. The molecule has 0 saturated heterocycles. The molecule has 0 amide bonds. The Balaban J connectivity index is 1.78. The van der Waals surface area contributed by atoms with Crippen molar-refractivity contribution in [3.63, 3.8) is 0 Å². The second-order valence-corrected chi connectivity index (χ2v) is 7.86. The van der Waals surface area contributed by atoms with Gasteiger partial charge in [0.15, 0.2) is 0 Å². The van der Waals surface area contributed by atoms with E-state index in [0.717, 1.165) is 11.4 Å². The Morgan fingerprint density at radius 2 is 1.88 bits per heavy atom. The Morgan fingerprint density at radius 1 is 1.20 bits per heavy atom. The molecule has 0 radical (unpaired) electrons. The van der Waals surface area contributed by atoms with Crippen molar-refractivity contribution in [2.75, 3.05) is 5.32 Å². The lowest BCUT2D eigenvalue weighted by molar-refractivity contribution is -0.0361. The highest BCUT2D eigenvalue weighted by Crippen LogP contribution is 2.34. The van der Waals surface area contributed by atoms with E-state index in [9.17, 15) is 8.78 Å². The first kappa shape index (κ1) is 17.8. The van der Waals surface area contributed by atoms with Gasteiger partial charge in [-0.2, -0.15) is 10.1 Å². The van der Waals surface area contributed by atoms with E-state index in [4.69, 9.17) is 0 Å². The van der Waals surface area contributed by atoms with Crippen molar-refractivity contribution in [1.29, 1.82) is 0 Å². The zero-order valence-corrected chi connectivity index (χ0v) is 15.2. The first-order valence-corrected chi connectivity index (χ1v) is 8.69. The van der Waals surface area contributed by atoms with E-state index in [-0.39, 0.29) is 24.3 Å². The first-order chi connectivity index (χ1) is 11.6. The first-order valence-electron chi connectivity index (χ1n) is 8.69. The van der Waals surface area contributed by atoms with Crippen LogP contribution in [0.1, 0.15) is 57.8 Å². The maximum absolute atomic E-state index is 13.3. The van der Waals surface area contributed by atoms with Gasteiger partial charge < -0.3 is 5.32 Å². The van der Waals surface area contributed by atoms with Gasteiger partial charge in [-0.25, -0.2) is 18.4 Å². The fourth-order valence-electron chi connectivity index (χ4n) is 2.96. The number of halogens is 2. The van der Waals surface area contributed by atoms with Crippen LogP contribution in [0.25, 0.3) is 5.95 Å². The number of anilines is 1. The number of aryl methyl sites for hydroxylation is 1. The van der Waals surface area contributed by atoms with Crippen LogP contribution < -0.4 is 5.32 Å². The van der Waals surface area contributed by atoms with Crippen LogP contribution in [0.15, 0.2) is 18.3 Å². The average molecular weight is 349 g/mol. The van der Waals surface area contributed by atoms with E-state index in [1.54, 1.807) is 4.68 Å². The minimum Gasteiger partial charge on any atom is -0.367 e. The molecule has 0 aromatic carbocycles. The molecule has 1 aliphatic carbocycles. The maximum atomic E-state index is 13.3. The maximum Gasteiger partial charge on any atom is 0.252 e. The Morgan fingerprint density at radius 3 is 2.48 bits per heavy atom. The number of nitrogens with one attached hydrogen (secondary N) is 1. The van der Waals surface area contributed by atoms with Gasteiger partial charge in [0.05, 0.1) is 5.69 Å². The molecule has 1 N–H and O–H groups in total. The minimum absolute atomic E-state index is 0.0181. The summed E-state index contributed by atoms with van der Waals surface area (Å²) in [6.45, 7) is 8.19. The number of alkyl halides is 2. The zero-order chi connectivity index (χ0) is 18.2. The molecule has 136 valence electrons. The second kappa shape index (κ2) is 6.35. The summed E-state index contributed by atoms with van der Waals surface area (Å²) in [4.78, 5) is 8.97. The van der Waals surface area contributed by atoms with Gasteiger partial charge in [0.1, 0.15) is 5.82 Å². The van der Waals surface area contributed by atoms with E-state index < -0.39 is 5.92 Å². The summed E-state index contributed by atoms with van der Waals surface area (Å²) in [5, 5.41) is 7.85. The van der Waals surface area contributed by atoms with Crippen LogP contribution in [0.3, 0.4) is 0 Å². The SMILES string of the molecule is Cc1cc(NC2CCC(F)(F)CC2)nc(-n2ccc(C(C)(C)C)n2)n1. The summed E-state index contributed by atoms with van der Waals surface area (Å²) in [5.74, 6) is -1.38. The predicted octanol–water partition coefficient (Wildman–Crippen LogP) is 4.26. The molecular formula is C18H25F2N5. The Hall–Kier alpha value is -2.05. The van der Waals surface area contributed by atoms with Gasteiger partial charge >= 0.3 is 0 Å². The van der Waals surface area contributed by atoms with Gasteiger partial charge in [-0.3, -0.25) is 0 Å². The van der Waals surface area contributed by atoms with Gasteiger partial charge in [0.25, 0.3) is 5.95 Å². The van der Waals surface area contributed by atoms with E-state index in [0.29, 0.717) is 24.6 Å². The smallest absolute Gasteiger partial charge is 0.252 e. The summed E-state index contributed by atoms with van der Waals surface area (Å²) in [5.41, 5.74) is 1.71. The summed E-state index contributed by atoms with van der Waals surface area (Å²) >= 11 is 0. The molecule has 2 aromatic rings. The van der Waals surface area contributed by atoms with Gasteiger partial charge in [-0.05, 0) is 25.8 Å². The van der Waals surface area contributed by atoms with Crippen molar-refractivity contribution in [2.24, 2.45) is 0 Å². The monoisotopic (exact) mass is 349 g/mol. The standard InChI is InChI=1S/C18H25F2N5/c1-12-11-15(22-13-5-8-18(19,20)9-6-13)23-16(21-12)25-10-7-14(24-25)17(2,3)4/h7,10-11,13H,5-6,8-9H2,1-4H3,(H,21,22,23). The summed E-state index contributed by atoms with van der Waals surface area (Å²) < 4.78 is 28.3. The van der Waals surface area contributed by atoms with Crippen LogP contribution in [0.2, 0.25) is 0 Å². The molecule has 1 fully saturated rings. The molecule has 3 rings (SSSR count). The molecule has 1 saturated carbocycles. The fourth-order valence-corrected chi connectivity index (χ4v) is 2.96. The lowest BCUT2D eigenvalue weighted by atomic mass is 9.92. The van der Waals surface area contributed by atoms with Crippen molar-refractivity contribution < 1.29 is 8.78 Å². The number of aromatic nitrogens is 4. The number of hydrogen-bond acceptors (Lipinski definition) is 4. The van der Waals surface area contributed by atoms with E-state index in [1.165, 1.54) is 0 Å². The minimum atomic E-state index is -2.52. The van der Waals surface area contributed by atoms with Gasteiger partial charge in [-0.1, -0.05) is 20.8 Å².